The van der Waals surface area contributed by atoms with Crippen LogP contribution in [-0.4, -0.2) is 0 Å². The normalized spacial score (nSPS) is 23.6. The molecule has 0 spiro atoms. The highest BCUT2D eigenvalue weighted by molar-refractivity contribution is 6.34. The Kier molecular flexibility index (Phi) is 2.30. The second-order valence-corrected chi connectivity index (χ2v) is 5.33. The Morgan fingerprint density at radius 1 is 1.29 bits per heavy atom. The fourth-order valence-electron chi connectivity index (χ4n) is 2.37. The van der Waals surface area contributed by atoms with E-state index in [0.29, 0.717) is 0 Å². The van der Waals surface area contributed by atoms with Crippen molar-refractivity contribution in [2.75, 3.05) is 0 Å². The van der Waals surface area contributed by atoms with Crippen LogP contribution in [-0.2, 0) is 5.41 Å². The lowest BCUT2D eigenvalue weighted by Crippen LogP contribution is -2.14. The summed E-state index contributed by atoms with van der Waals surface area (Å²) in [6.07, 6.45) is 0.909. The Hall–Kier alpha value is -0.240. The summed E-state index contributed by atoms with van der Waals surface area (Å²) in [7, 11) is 0. The van der Waals surface area contributed by atoms with Crippen molar-refractivity contribution in [2.24, 2.45) is 5.73 Å². The van der Waals surface area contributed by atoms with Gasteiger partial charge in [-0.3, -0.25) is 0 Å². The highest BCUT2D eigenvalue weighted by Gasteiger charge is 2.38. The lowest BCUT2D eigenvalue weighted by atomic mass is 9.86. The molecule has 0 heterocycles. The van der Waals surface area contributed by atoms with E-state index in [2.05, 4.69) is 13.8 Å². The lowest BCUT2D eigenvalue weighted by molar-refractivity contribution is 0.481. The van der Waals surface area contributed by atoms with Crippen molar-refractivity contribution in [1.82, 2.24) is 0 Å². The van der Waals surface area contributed by atoms with Crippen LogP contribution in [0.15, 0.2) is 12.1 Å². The van der Waals surface area contributed by atoms with Crippen LogP contribution in [0.25, 0.3) is 0 Å². The molecule has 0 saturated carbocycles. The molecule has 14 heavy (non-hydrogen) atoms. The molecular formula is C11H13Cl2N. The van der Waals surface area contributed by atoms with Gasteiger partial charge in [-0.15, -0.1) is 0 Å². The first-order valence-corrected chi connectivity index (χ1v) is 5.43. The number of hydrogen-bond acceptors (Lipinski definition) is 1. The molecule has 0 aromatic heterocycles. The molecule has 2 N–H and O–H groups in total. The number of nitrogens with two attached hydrogens (primary N) is 1. The van der Waals surface area contributed by atoms with Crippen molar-refractivity contribution in [3.63, 3.8) is 0 Å². The summed E-state index contributed by atoms with van der Waals surface area (Å²) in [6.45, 7) is 4.31. The Bertz CT molecular complexity index is 385. The van der Waals surface area contributed by atoms with E-state index in [0.717, 1.165) is 27.6 Å². The van der Waals surface area contributed by atoms with Gasteiger partial charge in [0, 0.05) is 16.1 Å². The molecule has 0 aliphatic heterocycles. The van der Waals surface area contributed by atoms with Gasteiger partial charge in [0.1, 0.15) is 0 Å². The molecule has 1 nitrogen and oxygen atoms in total. The molecule has 1 aliphatic rings. The van der Waals surface area contributed by atoms with Gasteiger partial charge in [-0.25, -0.2) is 0 Å². The molecule has 0 saturated heterocycles. The molecule has 76 valence electrons. The van der Waals surface area contributed by atoms with Crippen LogP contribution in [0.3, 0.4) is 0 Å². The van der Waals surface area contributed by atoms with E-state index in [4.69, 9.17) is 28.9 Å². The summed E-state index contributed by atoms with van der Waals surface area (Å²) in [6, 6.07) is 3.69. The van der Waals surface area contributed by atoms with Crippen LogP contribution in [0.5, 0.6) is 0 Å². The molecule has 3 heteroatoms. The minimum Gasteiger partial charge on any atom is -0.324 e. The minimum atomic E-state index is 0.0196. The molecule has 0 amide bonds. The van der Waals surface area contributed by atoms with Crippen LogP contribution in [0, 0.1) is 0 Å². The second-order valence-electron chi connectivity index (χ2n) is 4.51. The molecule has 1 unspecified atom stereocenters. The third-order valence-corrected chi connectivity index (χ3v) is 3.56. The van der Waals surface area contributed by atoms with E-state index in [1.165, 1.54) is 0 Å². The summed E-state index contributed by atoms with van der Waals surface area (Å²) < 4.78 is 0. The predicted octanol–water partition coefficient (Wildman–Crippen LogP) is 3.67. The van der Waals surface area contributed by atoms with Crippen molar-refractivity contribution in [2.45, 2.75) is 31.7 Å². The fraction of sp³-hybridized carbons (Fsp3) is 0.455. The maximum atomic E-state index is 6.18. The third kappa shape index (κ3) is 1.35. The topological polar surface area (TPSA) is 26.0 Å². The average Bonchev–Trinajstić information content (AvgIpc) is 2.30. The maximum Gasteiger partial charge on any atom is 0.0457 e. The van der Waals surface area contributed by atoms with Gasteiger partial charge in [0.05, 0.1) is 0 Å². The largest absolute Gasteiger partial charge is 0.324 e. The van der Waals surface area contributed by atoms with Gasteiger partial charge in [0.2, 0.25) is 0 Å². The van der Waals surface area contributed by atoms with Gasteiger partial charge in [-0.2, -0.15) is 0 Å². The number of halogens is 2. The molecule has 0 fully saturated rings. The summed E-state index contributed by atoms with van der Waals surface area (Å²) in [5, 5.41) is 1.52. The zero-order chi connectivity index (χ0) is 10.5. The van der Waals surface area contributed by atoms with E-state index in [1.807, 2.05) is 12.1 Å². The van der Waals surface area contributed by atoms with E-state index < -0.39 is 0 Å². The van der Waals surface area contributed by atoms with Gasteiger partial charge in [-0.1, -0.05) is 37.0 Å². The number of benzene rings is 1. The van der Waals surface area contributed by atoms with Crippen LogP contribution in [0.1, 0.15) is 37.4 Å². The number of hydrogen-bond donors (Lipinski definition) is 1. The maximum absolute atomic E-state index is 6.18. The smallest absolute Gasteiger partial charge is 0.0457 e. The van der Waals surface area contributed by atoms with E-state index in [9.17, 15) is 0 Å². The van der Waals surface area contributed by atoms with E-state index in [1.54, 1.807) is 0 Å². The molecule has 1 atom stereocenters. The van der Waals surface area contributed by atoms with Gasteiger partial charge < -0.3 is 5.73 Å². The zero-order valence-corrected chi connectivity index (χ0v) is 9.78. The first kappa shape index (κ1) is 10.3. The summed E-state index contributed by atoms with van der Waals surface area (Å²) in [5.41, 5.74) is 8.24. The van der Waals surface area contributed by atoms with Crippen molar-refractivity contribution < 1.29 is 0 Å². The third-order valence-electron chi connectivity index (χ3n) is 2.92. The predicted molar refractivity (Wildman–Crippen MR) is 61.0 cm³/mol. The Morgan fingerprint density at radius 2 is 1.86 bits per heavy atom. The molecular weight excluding hydrogens is 217 g/mol. The molecule has 2 rings (SSSR count). The quantitative estimate of drug-likeness (QED) is 0.722. The van der Waals surface area contributed by atoms with Gasteiger partial charge >= 0.3 is 0 Å². The van der Waals surface area contributed by atoms with Crippen LogP contribution >= 0.6 is 23.2 Å². The Balaban J connectivity index is 2.73. The molecule has 1 aromatic carbocycles. The zero-order valence-electron chi connectivity index (χ0n) is 8.27. The summed E-state index contributed by atoms with van der Waals surface area (Å²) in [5.74, 6) is 0. The average molecular weight is 230 g/mol. The Labute approximate surface area is 94.2 Å². The van der Waals surface area contributed by atoms with Crippen molar-refractivity contribution in [1.29, 1.82) is 0 Å². The molecule has 1 aromatic rings. The van der Waals surface area contributed by atoms with E-state index in [-0.39, 0.29) is 11.5 Å². The van der Waals surface area contributed by atoms with Crippen LogP contribution in [0.2, 0.25) is 10.0 Å². The highest BCUT2D eigenvalue weighted by atomic mass is 35.5. The van der Waals surface area contributed by atoms with Crippen LogP contribution < -0.4 is 5.73 Å². The Morgan fingerprint density at radius 3 is 2.43 bits per heavy atom. The minimum absolute atomic E-state index is 0.0196. The standard InChI is InChI=1S/C11H13Cl2N/c1-11(2)5-8(14)9-6(12)3-4-7(13)10(9)11/h3-4,8H,5,14H2,1-2H3. The van der Waals surface area contributed by atoms with Crippen molar-refractivity contribution >= 4 is 23.2 Å². The highest BCUT2D eigenvalue weighted by Crippen LogP contribution is 2.49. The SMILES string of the molecule is CC1(C)CC(N)c2c(Cl)ccc(Cl)c21. The first-order chi connectivity index (χ1) is 6.43. The number of rotatable bonds is 0. The summed E-state index contributed by atoms with van der Waals surface area (Å²) in [4.78, 5) is 0. The lowest BCUT2D eigenvalue weighted by Gasteiger charge is -2.20. The molecule has 0 radical (unpaired) electrons. The molecule has 1 aliphatic carbocycles. The van der Waals surface area contributed by atoms with Gasteiger partial charge in [0.25, 0.3) is 0 Å². The summed E-state index contributed by atoms with van der Waals surface area (Å²) >= 11 is 12.3. The molecule has 0 bridgehead atoms. The first-order valence-electron chi connectivity index (χ1n) is 4.67. The van der Waals surface area contributed by atoms with Gasteiger partial charge in [0.15, 0.2) is 0 Å². The second kappa shape index (κ2) is 3.13. The van der Waals surface area contributed by atoms with Gasteiger partial charge in [-0.05, 0) is 35.1 Å². The van der Waals surface area contributed by atoms with Crippen molar-refractivity contribution in [3.05, 3.63) is 33.3 Å². The van der Waals surface area contributed by atoms with Crippen LogP contribution in [0.4, 0.5) is 0 Å². The van der Waals surface area contributed by atoms with E-state index >= 15 is 0 Å². The monoisotopic (exact) mass is 229 g/mol. The number of fused-ring (bicyclic) bond motifs is 1. The van der Waals surface area contributed by atoms with Crippen molar-refractivity contribution in [3.8, 4) is 0 Å². The fourth-order valence-corrected chi connectivity index (χ4v) is 3.09.